The number of benzene rings is 6. The van der Waals surface area contributed by atoms with E-state index in [1.165, 1.54) is 60.6 Å². The number of nitrogens with one attached hydrogen (secondary N) is 1. The Bertz CT molecular complexity index is 1650. The third-order valence-corrected chi connectivity index (χ3v) is 7.43. The van der Waals surface area contributed by atoms with Crippen molar-refractivity contribution in [3.8, 4) is 11.1 Å². The van der Waals surface area contributed by atoms with E-state index in [0.717, 1.165) is 19.4 Å². The molecule has 0 radical (unpaired) electrons. The number of hydrogen-bond acceptors (Lipinski definition) is 1. The van der Waals surface area contributed by atoms with E-state index >= 15 is 0 Å². The van der Waals surface area contributed by atoms with Crippen LogP contribution in [0.15, 0.2) is 127 Å². The van der Waals surface area contributed by atoms with Gasteiger partial charge >= 0.3 is 0 Å². The smallest absolute Gasteiger partial charge is 0.0456 e. The van der Waals surface area contributed by atoms with Crippen LogP contribution in [0.5, 0.6) is 0 Å². The maximum atomic E-state index is 3.60. The number of rotatable bonds is 5. The highest BCUT2D eigenvalue weighted by Gasteiger charge is 2.10. The third kappa shape index (κ3) is 7.86. The van der Waals surface area contributed by atoms with Gasteiger partial charge in [-0.05, 0) is 72.0 Å². The Morgan fingerprint density at radius 1 is 0.463 bits per heavy atom. The largest absolute Gasteiger partial charge is 0.384 e. The molecule has 6 aromatic carbocycles. The topological polar surface area (TPSA) is 12.0 Å². The van der Waals surface area contributed by atoms with Crippen molar-refractivity contribution in [2.75, 3.05) is 11.9 Å². The average Bonchev–Trinajstić information content (AvgIpc) is 3.03. The second-order valence-corrected chi connectivity index (χ2v) is 10.6. The van der Waals surface area contributed by atoms with Crippen LogP contribution in [0, 0.1) is 20.8 Å². The Morgan fingerprint density at radius 2 is 0.927 bits per heavy atom. The summed E-state index contributed by atoms with van der Waals surface area (Å²) in [5.74, 6) is 0. The monoisotopic (exact) mass is 537 g/mol. The zero-order valence-corrected chi connectivity index (χ0v) is 25.2. The van der Waals surface area contributed by atoms with Crippen LogP contribution in [0.2, 0.25) is 0 Å². The summed E-state index contributed by atoms with van der Waals surface area (Å²) in [5.41, 5.74) is 9.26. The van der Waals surface area contributed by atoms with Gasteiger partial charge in [0.15, 0.2) is 0 Å². The van der Waals surface area contributed by atoms with Gasteiger partial charge in [-0.1, -0.05) is 152 Å². The van der Waals surface area contributed by atoms with E-state index in [9.17, 15) is 0 Å². The van der Waals surface area contributed by atoms with Gasteiger partial charge in [-0.3, -0.25) is 0 Å². The molecule has 0 spiro atoms. The molecular weight excluding hydrogens is 494 g/mol. The predicted octanol–water partition coefficient (Wildman–Crippen LogP) is 11.3. The number of hydrogen-bond donors (Lipinski definition) is 1. The second kappa shape index (κ2) is 14.9. The van der Waals surface area contributed by atoms with E-state index in [1.54, 1.807) is 0 Å². The molecule has 0 aliphatic rings. The van der Waals surface area contributed by atoms with Gasteiger partial charge in [0.05, 0.1) is 0 Å². The molecule has 0 amide bonds. The molecule has 0 saturated heterocycles. The molecule has 0 unspecified atom stereocenters. The molecule has 0 aliphatic heterocycles. The van der Waals surface area contributed by atoms with Gasteiger partial charge in [0, 0.05) is 17.6 Å². The first kappa shape index (κ1) is 29.6. The molecule has 41 heavy (non-hydrogen) atoms. The van der Waals surface area contributed by atoms with Crippen molar-refractivity contribution in [3.05, 3.63) is 150 Å². The van der Waals surface area contributed by atoms with E-state index < -0.39 is 0 Å². The van der Waals surface area contributed by atoms with Crippen molar-refractivity contribution in [2.24, 2.45) is 0 Å². The predicted molar refractivity (Wildman–Crippen MR) is 182 cm³/mol. The number of fused-ring (bicyclic) bond motifs is 3. The van der Waals surface area contributed by atoms with Crippen LogP contribution in [0.1, 0.15) is 42.5 Å². The summed E-state index contributed by atoms with van der Waals surface area (Å²) < 4.78 is 0. The highest BCUT2D eigenvalue weighted by Crippen LogP contribution is 2.35. The van der Waals surface area contributed by atoms with E-state index in [4.69, 9.17) is 0 Å². The van der Waals surface area contributed by atoms with E-state index in [-0.39, 0.29) is 0 Å². The van der Waals surface area contributed by atoms with Gasteiger partial charge in [0.1, 0.15) is 0 Å². The normalized spacial score (nSPS) is 10.4. The molecule has 0 atom stereocenters. The molecule has 1 nitrogen and oxygen atoms in total. The lowest BCUT2D eigenvalue weighted by molar-refractivity contribution is 0.980. The van der Waals surface area contributed by atoms with Crippen molar-refractivity contribution in [3.63, 3.8) is 0 Å². The molecule has 0 aromatic heterocycles. The highest BCUT2D eigenvalue weighted by molar-refractivity contribution is 6.14. The summed E-state index contributed by atoms with van der Waals surface area (Å²) in [6.45, 7) is 11.8. The Labute approximate surface area is 246 Å². The van der Waals surface area contributed by atoms with Gasteiger partial charge < -0.3 is 5.32 Å². The first-order chi connectivity index (χ1) is 20.0. The summed E-state index contributed by atoms with van der Waals surface area (Å²) in [5, 5.41) is 8.95. The van der Waals surface area contributed by atoms with Crippen molar-refractivity contribution in [2.45, 2.75) is 47.5 Å². The summed E-state index contributed by atoms with van der Waals surface area (Å²) >= 11 is 0. The molecule has 1 heteroatoms. The molecule has 0 heterocycles. The summed E-state index contributed by atoms with van der Waals surface area (Å²) in [7, 11) is 0. The van der Waals surface area contributed by atoms with E-state index in [2.05, 4.69) is 149 Å². The fourth-order valence-electron chi connectivity index (χ4n) is 5.01. The first-order valence-electron chi connectivity index (χ1n) is 14.8. The van der Waals surface area contributed by atoms with Gasteiger partial charge in [-0.25, -0.2) is 0 Å². The lowest BCUT2D eigenvalue weighted by Crippen LogP contribution is -2.02. The standard InChI is InChI=1S/C18H19N.C15H16.C7H8/c1-3-12-19-18-13(2)14-8-4-5-9-15(14)16-10-6-7-11-17(16)18;1-3-13-6-10-15(11-7-13)14-8-4-12(2)5-9-14;1-7-5-3-2-4-6-7/h4-11,19H,3,12H2,1-2H3;4-11H,3H2,1-2H3;2-6H,1H3. The molecule has 1 N–H and O–H groups in total. The average molecular weight is 538 g/mol. The molecule has 6 aromatic rings. The van der Waals surface area contributed by atoms with Crippen LogP contribution in [-0.4, -0.2) is 6.54 Å². The van der Waals surface area contributed by atoms with Gasteiger partial charge in [0.25, 0.3) is 0 Å². The van der Waals surface area contributed by atoms with Crippen LogP contribution < -0.4 is 5.32 Å². The number of aryl methyl sites for hydroxylation is 4. The Kier molecular flexibility index (Phi) is 10.7. The molecular formula is C40H43N. The summed E-state index contributed by atoms with van der Waals surface area (Å²) in [6.07, 6.45) is 2.24. The van der Waals surface area contributed by atoms with Gasteiger partial charge in [-0.2, -0.15) is 0 Å². The Balaban J connectivity index is 0.000000156. The molecule has 0 bridgehead atoms. The summed E-state index contributed by atoms with van der Waals surface area (Å²) in [6, 6.07) is 45.1. The fourth-order valence-corrected chi connectivity index (χ4v) is 5.01. The third-order valence-electron chi connectivity index (χ3n) is 7.43. The Hall–Kier alpha value is -4.36. The minimum atomic E-state index is 1.02. The molecule has 0 fully saturated rings. The zero-order chi connectivity index (χ0) is 29.0. The van der Waals surface area contributed by atoms with Crippen LogP contribution in [0.4, 0.5) is 5.69 Å². The minimum absolute atomic E-state index is 1.02. The lowest BCUT2D eigenvalue weighted by Gasteiger charge is -2.16. The maximum Gasteiger partial charge on any atom is 0.0456 e. The maximum absolute atomic E-state index is 3.60. The molecule has 208 valence electrons. The zero-order valence-electron chi connectivity index (χ0n) is 25.2. The van der Waals surface area contributed by atoms with Crippen molar-refractivity contribution in [1.82, 2.24) is 0 Å². The van der Waals surface area contributed by atoms with Gasteiger partial charge in [-0.15, -0.1) is 0 Å². The van der Waals surface area contributed by atoms with Crippen LogP contribution in [0.3, 0.4) is 0 Å². The van der Waals surface area contributed by atoms with Crippen molar-refractivity contribution >= 4 is 27.2 Å². The molecule has 0 saturated carbocycles. The summed E-state index contributed by atoms with van der Waals surface area (Å²) in [4.78, 5) is 0. The van der Waals surface area contributed by atoms with Crippen LogP contribution >= 0.6 is 0 Å². The highest BCUT2D eigenvalue weighted by atomic mass is 14.9. The quantitative estimate of drug-likeness (QED) is 0.216. The molecule has 6 rings (SSSR count). The van der Waals surface area contributed by atoms with Crippen molar-refractivity contribution in [1.29, 1.82) is 0 Å². The second-order valence-electron chi connectivity index (χ2n) is 10.6. The fraction of sp³-hybridized carbons (Fsp3) is 0.200. The van der Waals surface area contributed by atoms with Crippen molar-refractivity contribution < 1.29 is 0 Å². The van der Waals surface area contributed by atoms with Gasteiger partial charge in [0.2, 0.25) is 0 Å². The van der Waals surface area contributed by atoms with E-state index in [1.807, 2.05) is 18.2 Å². The van der Waals surface area contributed by atoms with Crippen LogP contribution in [-0.2, 0) is 6.42 Å². The Morgan fingerprint density at radius 3 is 1.44 bits per heavy atom. The number of anilines is 1. The SMILES string of the molecule is CCCNc1c(C)c2ccccc2c2ccccc12.CCc1ccc(-c2ccc(C)cc2)cc1.Cc1ccccc1. The lowest BCUT2D eigenvalue weighted by atomic mass is 9.95. The molecule has 0 aliphatic carbocycles. The van der Waals surface area contributed by atoms with Crippen LogP contribution in [0.25, 0.3) is 32.7 Å². The minimum Gasteiger partial charge on any atom is -0.384 e. The van der Waals surface area contributed by atoms with E-state index in [0.29, 0.717) is 0 Å². The first-order valence-corrected chi connectivity index (χ1v) is 14.8.